The average Bonchev–Trinajstić information content (AvgIpc) is 3.19. The van der Waals surface area contributed by atoms with Gasteiger partial charge in [-0.15, -0.1) is 0 Å². The number of hydrogen-bond acceptors (Lipinski definition) is 3. The van der Waals surface area contributed by atoms with E-state index < -0.39 is 0 Å². The van der Waals surface area contributed by atoms with Gasteiger partial charge in [0.25, 0.3) is 5.91 Å². The van der Waals surface area contributed by atoms with Gasteiger partial charge in [-0.25, -0.2) is 0 Å². The van der Waals surface area contributed by atoms with E-state index >= 15 is 0 Å². The van der Waals surface area contributed by atoms with Gasteiger partial charge in [0.2, 0.25) is 0 Å². The van der Waals surface area contributed by atoms with E-state index in [1.165, 1.54) is 11.1 Å². The predicted octanol–water partition coefficient (Wildman–Crippen LogP) is 5.10. The first-order chi connectivity index (χ1) is 14.2. The number of para-hydroxylation sites is 1. The first kappa shape index (κ1) is 19.5. The quantitative estimate of drug-likeness (QED) is 0.661. The summed E-state index contributed by atoms with van der Waals surface area (Å²) in [4.78, 5) is 14.5. The molecule has 1 fully saturated rings. The van der Waals surface area contributed by atoms with Crippen molar-refractivity contribution < 1.29 is 9.21 Å². The minimum atomic E-state index is 0.0846. The lowest BCUT2D eigenvalue weighted by atomic mass is 9.91. The maximum atomic E-state index is 12.7. The van der Waals surface area contributed by atoms with Crippen LogP contribution in [0, 0.1) is 0 Å². The molecule has 4 rings (SSSR count). The zero-order chi connectivity index (χ0) is 20.2. The van der Waals surface area contributed by atoms with Crippen molar-refractivity contribution in [2.75, 3.05) is 26.2 Å². The van der Waals surface area contributed by atoms with Crippen LogP contribution in [0.25, 0.3) is 16.5 Å². The van der Waals surface area contributed by atoms with Crippen molar-refractivity contribution in [2.45, 2.75) is 26.7 Å². The molecule has 1 aromatic heterocycles. The summed E-state index contributed by atoms with van der Waals surface area (Å²) in [6.45, 7) is 7.43. The molecule has 0 bridgehead atoms. The van der Waals surface area contributed by atoms with Crippen LogP contribution in [-0.2, 0) is 0 Å². The number of fused-ring (bicyclic) bond motifs is 1. The van der Waals surface area contributed by atoms with E-state index in [-0.39, 0.29) is 5.91 Å². The third-order valence-corrected chi connectivity index (χ3v) is 5.70. The SMILES string of the molecule is CCN(CC)C(=O)c1ccc(C(=C2CCNCC2)c2cc3ccccc3o2)cc1. The Morgan fingerprint density at radius 2 is 1.62 bits per heavy atom. The Hall–Kier alpha value is -2.85. The minimum absolute atomic E-state index is 0.0846. The van der Waals surface area contributed by atoms with E-state index in [1.807, 2.05) is 49.1 Å². The molecule has 29 heavy (non-hydrogen) atoms. The summed E-state index contributed by atoms with van der Waals surface area (Å²) in [5.74, 6) is 0.993. The fraction of sp³-hybridized carbons (Fsp3) is 0.320. The summed E-state index contributed by atoms with van der Waals surface area (Å²) in [6.07, 6.45) is 2.01. The number of benzene rings is 2. The maximum absolute atomic E-state index is 12.7. The number of nitrogens with zero attached hydrogens (tertiary/aromatic N) is 1. The molecule has 0 aliphatic carbocycles. The maximum Gasteiger partial charge on any atom is 0.253 e. The van der Waals surface area contributed by atoms with Crippen LogP contribution in [0.15, 0.2) is 64.6 Å². The normalized spacial score (nSPS) is 14.2. The van der Waals surface area contributed by atoms with Gasteiger partial charge in [-0.05, 0) is 69.6 Å². The molecule has 1 saturated heterocycles. The number of carbonyl (C=O) groups excluding carboxylic acids is 1. The number of hydrogen-bond donors (Lipinski definition) is 1. The van der Waals surface area contributed by atoms with Gasteiger partial charge in [0, 0.05) is 29.6 Å². The number of furan rings is 1. The molecule has 0 unspecified atom stereocenters. The van der Waals surface area contributed by atoms with Crippen LogP contribution in [0.2, 0.25) is 0 Å². The first-order valence-electron chi connectivity index (χ1n) is 10.5. The first-order valence-corrected chi connectivity index (χ1v) is 10.5. The van der Waals surface area contributed by atoms with Gasteiger partial charge in [-0.1, -0.05) is 35.9 Å². The van der Waals surface area contributed by atoms with Crippen molar-refractivity contribution in [2.24, 2.45) is 0 Å². The van der Waals surface area contributed by atoms with Gasteiger partial charge in [-0.3, -0.25) is 4.79 Å². The Kier molecular flexibility index (Phi) is 5.81. The molecule has 1 aliphatic rings. The molecule has 0 radical (unpaired) electrons. The second kappa shape index (κ2) is 8.66. The largest absolute Gasteiger partial charge is 0.456 e. The molecule has 2 heterocycles. The minimum Gasteiger partial charge on any atom is -0.456 e. The summed E-state index contributed by atoms with van der Waals surface area (Å²) in [5, 5.41) is 4.55. The fourth-order valence-corrected chi connectivity index (χ4v) is 4.08. The summed E-state index contributed by atoms with van der Waals surface area (Å²) in [5.41, 5.74) is 5.33. The zero-order valence-corrected chi connectivity index (χ0v) is 17.2. The number of piperidine rings is 1. The summed E-state index contributed by atoms with van der Waals surface area (Å²) in [6, 6.07) is 18.3. The molecular weight excluding hydrogens is 360 g/mol. The third-order valence-electron chi connectivity index (χ3n) is 5.70. The highest BCUT2D eigenvalue weighted by atomic mass is 16.3. The Bertz CT molecular complexity index is 985. The molecule has 3 aromatic rings. The Labute approximate surface area is 172 Å². The van der Waals surface area contributed by atoms with Crippen LogP contribution < -0.4 is 5.32 Å². The van der Waals surface area contributed by atoms with Gasteiger partial charge in [0.15, 0.2) is 0 Å². The van der Waals surface area contributed by atoms with Gasteiger partial charge >= 0.3 is 0 Å². The number of rotatable bonds is 5. The molecule has 0 saturated carbocycles. The van der Waals surface area contributed by atoms with Crippen molar-refractivity contribution in [3.05, 3.63) is 77.1 Å². The predicted molar refractivity (Wildman–Crippen MR) is 118 cm³/mol. The van der Waals surface area contributed by atoms with Crippen LogP contribution in [-0.4, -0.2) is 37.0 Å². The highest BCUT2D eigenvalue weighted by Gasteiger charge is 2.19. The summed E-state index contributed by atoms with van der Waals surface area (Å²) in [7, 11) is 0. The lowest BCUT2D eigenvalue weighted by Crippen LogP contribution is -2.30. The summed E-state index contributed by atoms with van der Waals surface area (Å²) < 4.78 is 6.24. The van der Waals surface area contributed by atoms with Gasteiger partial charge in [0.05, 0.1) is 0 Å². The molecule has 0 spiro atoms. The second-order valence-corrected chi connectivity index (χ2v) is 7.43. The van der Waals surface area contributed by atoms with Crippen molar-refractivity contribution in [1.29, 1.82) is 0 Å². The topological polar surface area (TPSA) is 45.5 Å². The Morgan fingerprint density at radius 1 is 0.966 bits per heavy atom. The Morgan fingerprint density at radius 3 is 2.28 bits per heavy atom. The van der Waals surface area contributed by atoms with E-state index in [9.17, 15) is 4.79 Å². The van der Waals surface area contributed by atoms with Gasteiger partial charge in [0.1, 0.15) is 11.3 Å². The van der Waals surface area contributed by atoms with Crippen LogP contribution in [0.5, 0.6) is 0 Å². The molecule has 150 valence electrons. The molecule has 1 N–H and O–H groups in total. The summed E-state index contributed by atoms with van der Waals surface area (Å²) >= 11 is 0. The molecule has 4 nitrogen and oxygen atoms in total. The lowest BCUT2D eigenvalue weighted by molar-refractivity contribution is 0.0773. The van der Waals surface area contributed by atoms with Crippen molar-refractivity contribution in [3.63, 3.8) is 0 Å². The second-order valence-electron chi connectivity index (χ2n) is 7.43. The third kappa shape index (κ3) is 3.99. The van der Waals surface area contributed by atoms with E-state index in [0.717, 1.165) is 66.9 Å². The average molecular weight is 389 g/mol. The van der Waals surface area contributed by atoms with Crippen molar-refractivity contribution in [3.8, 4) is 0 Å². The van der Waals surface area contributed by atoms with Gasteiger partial charge < -0.3 is 14.6 Å². The van der Waals surface area contributed by atoms with Crippen molar-refractivity contribution in [1.82, 2.24) is 10.2 Å². The van der Waals surface area contributed by atoms with Crippen LogP contribution in [0.4, 0.5) is 0 Å². The highest BCUT2D eigenvalue weighted by Crippen LogP contribution is 2.34. The number of carbonyl (C=O) groups is 1. The highest BCUT2D eigenvalue weighted by molar-refractivity contribution is 5.95. The molecule has 1 aliphatic heterocycles. The molecule has 0 atom stereocenters. The number of nitrogens with one attached hydrogen (secondary N) is 1. The molecular formula is C25H28N2O2. The van der Waals surface area contributed by atoms with E-state index in [0.29, 0.717) is 0 Å². The van der Waals surface area contributed by atoms with E-state index in [4.69, 9.17) is 4.42 Å². The smallest absolute Gasteiger partial charge is 0.253 e. The Balaban J connectivity index is 1.75. The monoisotopic (exact) mass is 388 g/mol. The van der Waals surface area contributed by atoms with Gasteiger partial charge in [-0.2, -0.15) is 0 Å². The zero-order valence-electron chi connectivity index (χ0n) is 17.2. The van der Waals surface area contributed by atoms with Crippen LogP contribution in [0.3, 0.4) is 0 Å². The number of amides is 1. The molecule has 2 aromatic carbocycles. The lowest BCUT2D eigenvalue weighted by Gasteiger charge is -2.21. The van der Waals surface area contributed by atoms with Crippen LogP contribution in [0.1, 0.15) is 48.4 Å². The molecule has 4 heteroatoms. The fourth-order valence-electron chi connectivity index (χ4n) is 4.08. The van der Waals surface area contributed by atoms with E-state index in [1.54, 1.807) is 0 Å². The standard InChI is InChI=1S/C25H28N2O2/c1-3-27(4-2)25(28)20-11-9-18(10-12-20)24(19-13-15-26-16-14-19)23-17-21-7-5-6-8-22(21)29-23/h5-12,17,26H,3-4,13-16H2,1-2H3. The van der Waals surface area contributed by atoms with E-state index in [2.05, 4.69) is 29.6 Å². The molecule has 1 amide bonds. The van der Waals surface area contributed by atoms with Crippen LogP contribution >= 0.6 is 0 Å². The van der Waals surface area contributed by atoms with Crippen molar-refractivity contribution >= 4 is 22.4 Å².